The summed E-state index contributed by atoms with van der Waals surface area (Å²) < 4.78 is 0. The van der Waals surface area contributed by atoms with Crippen molar-refractivity contribution in [2.75, 3.05) is 12.9 Å². The minimum atomic E-state index is -0.173. The number of hydrogen-bond donors (Lipinski definition) is 0. The second-order valence-corrected chi connectivity index (χ2v) is 6.86. The standard InChI is InChI=1S/C15H21N3OS/c1-11-6-8-12(9-7-11)16-13-17(5)14(19)18(10-20-13)15(2,3)4/h6-9H,10H2,1-5H3. The Balaban J connectivity index is 2.20. The molecule has 1 heterocycles. The molecule has 1 fully saturated rings. The quantitative estimate of drug-likeness (QED) is 0.788. The number of amidine groups is 1. The Morgan fingerprint density at radius 1 is 1.20 bits per heavy atom. The maximum atomic E-state index is 12.4. The molecule has 0 N–H and O–H groups in total. The smallest absolute Gasteiger partial charge is 0.310 e. The molecule has 0 aliphatic carbocycles. The molecule has 1 aliphatic rings. The lowest BCUT2D eigenvalue weighted by Crippen LogP contribution is -2.55. The maximum Gasteiger partial charge on any atom is 0.326 e. The summed E-state index contributed by atoms with van der Waals surface area (Å²) in [7, 11) is 1.78. The van der Waals surface area contributed by atoms with Crippen LogP contribution in [0.2, 0.25) is 0 Å². The molecule has 0 bridgehead atoms. The predicted octanol–water partition coefficient (Wildman–Crippen LogP) is 3.84. The average molecular weight is 291 g/mol. The lowest BCUT2D eigenvalue weighted by Gasteiger charge is -2.41. The first kappa shape index (κ1) is 14.9. The zero-order chi connectivity index (χ0) is 14.9. The molecule has 0 radical (unpaired) electrons. The molecule has 0 saturated carbocycles. The summed E-state index contributed by atoms with van der Waals surface area (Å²) in [4.78, 5) is 20.4. The normalized spacial score (nSPS) is 18.9. The van der Waals surface area contributed by atoms with Gasteiger partial charge in [-0.2, -0.15) is 0 Å². The SMILES string of the molecule is Cc1ccc(N=C2SCN(C(C)(C)C)C(=O)N2C)cc1. The zero-order valence-corrected chi connectivity index (χ0v) is 13.5. The number of rotatable bonds is 1. The van der Waals surface area contributed by atoms with Crippen LogP contribution in [0.5, 0.6) is 0 Å². The van der Waals surface area contributed by atoms with E-state index in [9.17, 15) is 4.79 Å². The summed E-state index contributed by atoms with van der Waals surface area (Å²) >= 11 is 1.59. The Hall–Kier alpha value is -1.49. The number of amides is 2. The minimum Gasteiger partial charge on any atom is -0.310 e. The van der Waals surface area contributed by atoms with Crippen LogP contribution in [0.4, 0.5) is 10.5 Å². The monoisotopic (exact) mass is 291 g/mol. The molecule has 0 atom stereocenters. The molecule has 20 heavy (non-hydrogen) atoms. The molecule has 0 unspecified atom stereocenters. The van der Waals surface area contributed by atoms with Crippen molar-refractivity contribution < 1.29 is 4.79 Å². The predicted molar refractivity (Wildman–Crippen MR) is 85.5 cm³/mol. The van der Waals surface area contributed by atoms with Crippen LogP contribution in [0.1, 0.15) is 26.3 Å². The fourth-order valence-electron chi connectivity index (χ4n) is 1.85. The van der Waals surface area contributed by atoms with Crippen molar-refractivity contribution in [1.29, 1.82) is 0 Å². The summed E-state index contributed by atoms with van der Waals surface area (Å²) in [5.41, 5.74) is 1.91. The van der Waals surface area contributed by atoms with E-state index in [-0.39, 0.29) is 11.6 Å². The van der Waals surface area contributed by atoms with Crippen molar-refractivity contribution in [1.82, 2.24) is 9.80 Å². The maximum absolute atomic E-state index is 12.4. The second kappa shape index (κ2) is 5.48. The summed E-state index contributed by atoms with van der Waals surface area (Å²) in [6.07, 6.45) is 0. The summed E-state index contributed by atoms with van der Waals surface area (Å²) in [5.74, 6) is 0.636. The van der Waals surface area contributed by atoms with Crippen molar-refractivity contribution >= 4 is 28.6 Å². The third-order valence-electron chi connectivity index (χ3n) is 3.20. The van der Waals surface area contributed by atoms with Gasteiger partial charge in [-0.15, -0.1) is 0 Å². The van der Waals surface area contributed by atoms with Gasteiger partial charge in [-0.1, -0.05) is 29.5 Å². The van der Waals surface area contributed by atoms with Gasteiger partial charge >= 0.3 is 6.03 Å². The highest BCUT2D eigenvalue weighted by atomic mass is 32.2. The van der Waals surface area contributed by atoms with Gasteiger partial charge in [0.05, 0.1) is 11.6 Å². The molecule has 0 aromatic heterocycles. The van der Waals surface area contributed by atoms with E-state index in [1.54, 1.807) is 23.7 Å². The van der Waals surface area contributed by atoms with Gasteiger partial charge in [-0.3, -0.25) is 4.90 Å². The number of carbonyl (C=O) groups is 1. The number of benzene rings is 1. The van der Waals surface area contributed by atoms with Gasteiger partial charge in [-0.05, 0) is 39.8 Å². The molecule has 1 aromatic rings. The summed E-state index contributed by atoms with van der Waals surface area (Å²) in [5, 5.41) is 0.749. The van der Waals surface area contributed by atoms with Crippen LogP contribution in [0, 0.1) is 6.92 Å². The van der Waals surface area contributed by atoms with Crippen LogP contribution in [0.25, 0.3) is 0 Å². The first-order valence-electron chi connectivity index (χ1n) is 6.62. The first-order chi connectivity index (χ1) is 9.29. The number of aliphatic imine (C=N–C) groups is 1. The van der Waals surface area contributed by atoms with Gasteiger partial charge in [0.25, 0.3) is 0 Å². The number of hydrogen-bond acceptors (Lipinski definition) is 3. The van der Waals surface area contributed by atoms with Crippen LogP contribution in [-0.4, -0.2) is 39.5 Å². The van der Waals surface area contributed by atoms with E-state index >= 15 is 0 Å². The molecule has 0 spiro atoms. The van der Waals surface area contributed by atoms with E-state index in [0.717, 1.165) is 10.9 Å². The third-order valence-corrected chi connectivity index (χ3v) is 4.21. The van der Waals surface area contributed by atoms with E-state index in [2.05, 4.69) is 4.99 Å². The van der Waals surface area contributed by atoms with Gasteiger partial charge in [0, 0.05) is 12.6 Å². The fourth-order valence-corrected chi connectivity index (χ4v) is 3.04. The molecule has 1 aromatic carbocycles. The number of carbonyl (C=O) groups excluding carboxylic acids is 1. The first-order valence-corrected chi connectivity index (χ1v) is 7.61. The van der Waals surface area contributed by atoms with Gasteiger partial charge in [0.1, 0.15) is 0 Å². The largest absolute Gasteiger partial charge is 0.326 e. The molecule has 1 aliphatic heterocycles. The highest BCUT2D eigenvalue weighted by Crippen LogP contribution is 2.27. The second-order valence-electron chi connectivity index (χ2n) is 5.94. The van der Waals surface area contributed by atoms with Crippen molar-refractivity contribution in [2.45, 2.75) is 33.2 Å². The Bertz CT molecular complexity index is 531. The van der Waals surface area contributed by atoms with E-state index in [1.807, 2.05) is 56.9 Å². The van der Waals surface area contributed by atoms with Crippen molar-refractivity contribution in [3.63, 3.8) is 0 Å². The highest BCUT2D eigenvalue weighted by molar-refractivity contribution is 8.13. The van der Waals surface area contributed by atoms with Crippen LogP contribution in [0.15, 0.2) is 29.3 Å². The van der Waals surface area contributed by atoms with Crippen LogP contribution in [-0.2, 0) is 0 Å². The molecule has 4 nitrogen and oxygen atoms in total. The van der Waals surface area contributed by atoms with Gasteiger partial charge in [0.2, 0.25) is 0 Å². The van der Waals surface area contributed by atoms with Crippen molar-refractivity contribution in [2.24, 2.45) is 4.99 Å². The van der Waals surface area contributed by atoms with E-state index in [1.165, 1.54) is 5.56 Å². The van der Waals surface area contributed by atoms with Crippen molar-refractivity contribution in [3.8, 4) is 0 Å². The van der Waals surface area contributed by atoms with Crippen LogP contribution in [0.3, 0.4) is 0 Å². The lowest BCUT2D eigenvalue weighted by molar-refractivity contribution is 0.144. The number of thioether (sulfide) groups is 1. The van der Waals surface area contributed by atoms with Gasteiger partial charge in [-0.25, -0.2) is 9.79 Å². The minimum absolute atomic E-state index is 0.00196. The third kappa shape index (κ3) is 3.15. The van der Waals surface area contributed by atoms with E-state index in [4.69, 9.17) is 0 Å². The fraction of sp³-hybridized carbons (Fsp3) is 0.467. The molecular weight excluding hydrogens is 270 g/mol. The molecule has 108 valence electrons. The molecule has 1 saturated heterocycles. The Labute approximate surface area is 124 Å². The number of aryl methyl sites for hydroxylation is 1. The van der Waals surface area contributed by atoms with Crippen LogP contribution >= 0.6 is 11.8 Å². The molecule has 2 amide bonds. The van der Waals surface area contributed by atoms with E-state index < -0.39 is 0 Å². The average Bonchev–Trinajstić information content (AvgIpc) is 2.36. The summed E-state index contributed by atoms with van der Waals surface area (Å²) in [6.45, 7) is 8.17. The summed E-state index contributed by atoms with van der Waals surface area (Å²) in [6, 6.07) is 7.99. The lowest BCUT2D eigenvalue weighted by atomic mass is 10.1. The van der Waals surface area contributed by atoms with Gasteiger partial charge < -0.3 is 4.90 Å². The highest BCUT2D eigenvalue weighted by Gasteiger charge is 2.35. The van der Waals surface area contributed by atoms with Crippen molar-refractivity contribution in [3.05, 3.63) is 29.8 Å². The Kier molecular flexibility index (Phi) is 4.09. The molecular formula is C15H21N3OS. The van der Waals surface area contributed by atoms with E-state index in [0.29, 0.717) is 5.88 Å². The van der Waals surface area contributed by atoms with Gasteiger partial charge in [0.15, 0.2) is 5.17 Å². The molecule has 5 heteroatoms. The number of urea groups is 1. The Morgan fingerprint density at radius 3 is 2.35 bits per heavy atom. The molecule has 2 rings (SSSR count). The van der Waals surface area contributed by atoms with Crippen LogP contribution < -0.4 is 0 Å². The zero-order valence-electron chi connectivity index (χ0n) is 12.7. The topological polar surface area (TPSA) is 35.9 Å². The number of nitrogens with zero attached hydrogens (tertiary/aromatic N) is 3. The Morgan fingerprint density at radius 2 is 1.80 bits per heavy atom.